The minimum absolute atomic E-state index is 0.208. The molecule has 0 aliphatic carbocycles. The minimum atomic E-state index is 0.208. The summed E-state index contributed by atoms with van der Waals surface area (Å²) in [5.74, 6) is 0. The van der Waals surface area contributed by atoms with Crippen molar-refractivity contribution < 1.29 is 0 Å². The molecule has 0 saturated carbocycles. The van der Waals surface area contributed by atoms with Gasteiger partial charge >= 0.3 is 0 Å². The number of imidazole rings is 1. The zero-order valence-corrected chi connectivity index (χ0v) is 9.65. The second-order valence-electron chi connectivity index (χ2n) is 4.46. The van der Waals surface area contributed by atoms with Gasteiger partial charge in [0, 0.05) is 17.8 Å². The van der Waals surface area contributed by atoms with Crippen LogP contribution in [0.15, 0.2) is 6.33 Å². The first-order valence-electron chi connectivity index (χ1n) is 5.29. The topological polar surface area (TPSA) is 40.7 Å². The van der Waals surface area contributed by atoms with Gasteiger partial charge < -0.3 is 10.3 Å². The lowest BCUT2D eigenvalue weighted by atomic mass is 9.99. The van der Waals surface area contributed by atoms with Crippen LogP contribution in [-0.2, 0) is 6.54 Å². The van der Waals surface area contributed by atoms with Crippen LogP contribution >= 0.6 is 0 Å². The monoisotopic (exact) mass is 195 g/mol. The SMILES string of the molecule is CCCC(C)(C)NCc1nc[nH]c1C. The molecule has 3 heteroatoms. The fraction of sp³-hybridized carbons (Fsp3) is 0.727. The minimum Gasteiger partial charge on any atom is -0.348 e. The quantitative estimate of drug-likeness (QED) is 0.757. The van der Waals surface area contributed by atoms with E-state index in [0.29, 0.717) is 0 Å². The molecule has 0 unspecified atom stereocenters. The third-order valence-electron chi connectivity index (χ3n) is 2.54. The van der Waals surface area contributed by atoms with Crippen molar-refractivity contribution in [3.8, 4) is 0 Å². The molecule has 80 valence electrons. The van der Waals surface area contributed by atoms with Crippen LogP contribution in [0, 0.1) is 6.92 Å². The average Bonchev–Trinajstić information content (AvgIpc) is 2.48. The maximum Gasteiger partial charge on any atom is 0.0925 e. The highest BCUT2D eigenvalue weighted by Crippen LogP contribution is 2.12. The van der Waals surface area contributed by atoms with Gasteiger partial charge in [0.25, 0.3) is 0 Å². The summed E-state index contributed by atoms with van der Waals surface area (Å²) in [6.07, 6.45) is 4.15. The summed E-state index contributed by atoms with van der Waals surface area (Å²) in [4.78, 5) is 7.35. The number of aryl methyl sites for hydroxylation is 1. The molecular formula is C11H21N3. The zero-order chi connectivity index (χ0) is 10.6. The van der Waals surface area contributed by atoms with Crippen LogP contribution in [-0.4, -0.2) is 15.5 Å². The Balaban J connectivity index is 2.44. The normalized spacial score (nSPS) is 12.0. The molecule has 0 aromatic carbocycles. The maximum absolute atomic E-state index is 4.26. The van der Waals surface area contributed by atoms with Crippen molar-refractivity contribution in [2.24, 2.45) is 0 Å². The third-order valence-corrected chi connectivity index (χ3v) is 2.54. The number of nitrogens with one attached hydrogen (secondary N) is 2. The van der Waals surface area contributed by atoms with E-state index in [2.05, 4.69) is 43.0 Å². The molecule has 0 fully saturated rings. The highest BCUT2D eigenvalue weighted by molar-refractivity contribution is 5.08. The van der Waals surface area contributed by atoms with Crippen LogP contribution in [0.25, 0.3) is 0 Å². The third kappa shape index (κ3) is 3.14. The summed E-state index contributed by atoms with van der Waals surface area (Å²) in [6, 6.07) is 0. The molecule has 3 nitrogen and oxygen atoms in total. The fourth-order valence-electron chi connectivity index (χ4n) is 1.60. The molecule has 0 atom stereocenters. The standard InChI is InChI=1S/C11H21N3/c1-5-6-11(3,4)14-7-10-9(2)12-8-13-10/h8,14H,5-7H2,1-4H3,(H,12,13). The van der Waals surface area contributed by atoms with Gasteiger partial charge in [0.15, 0.2) is 0 Å². The average molecular weight is 195 g/mol. The molecule has 2 N–H and O–H groups in total. The van der Waals surface area contributed by atoms with Gasteiger partial charge in [-0.25, -0.2) is 4.98 Å². The molecule has 0 aliphatic heterocycles. The van der Waals surface area contributed by atoms with Crippen molar-refractivity contribution >= 4 is 0 Å². The molecule has 1 heterocycles. The molecule has 1 rings (SSSR count). The Hall–Kier alpha value is -0.830. The first-order chi connectivity index (χ1) is 6.55. The van der Waals surface area contributed by atoms with E-state index in [1.54, 1.807) is 6.33 Å². The van der Waals surface area contributed by atoms with E-state index in [1.165, 1.54) is 12.8 Å². The molecule has 0 radical (unpaired) electrons. The highest BCUT2D eigenvalue weighted by Gasteiger charge is 2.15. The number of hydrogen-bond donors (Lipinski definition) is 2. The Morgan fingerprint density at radius 1 is 1.50 bits per heavy atom. The van der Waals surface area contributed by atoms with E-state index < -0.39 is 0 Å². The van der Waals surface area contributed by atoms with Crippen molar-refractivity contribution in [1.82, 2.24) is 15.3 Å². The maximum atomic E-state index is 4.26. The number of rotatable bonds is 5. The molecule has 0 bridgehead atoms. The van der Waals surface area contributed by atoms with Crippen LogP contribution < -0.4 is 5.32 Å². The van der Waals surface area contributed by atoms with Crippen LogP contribution in [0.3, 0.4) is 0 Å². The largest absolute Gasteiger partial charge is 0.348 e. The summed E-state index contributed by atoms with van der Waals surface area (Å²) in [5, 5.41) is 3.52. The summed E-state index contributed by atoms with van der Waals surface area (Å²) in [5.41, 5.74) is 2.49. The van der Waals surface area contributed by atoms with Gasteiger partial charge in [-0.2, -0.15) is 0 Å². The first kappa shape index (κ1) is 11.2. The number of aromatic nitrogens is 2. The zero-order valence-electron chi connectivity index (χ0n) is 9.65. The molecule has 0 saturated heterocycles. The fourth-order valence-corrected chi connectivity index (χ4v) is 1.60. The van der Waals surface area contributed by atoms with E-state index >= 15 is 0 Å². The Labute approximate surface area is 86.3 Å². The highest BCUT2D eigenvalue weighted by atomic mass is 15.0. The number of nitrogens with zero attached hydrogens (tertiary/aromatic N) is 1. The van der Waals surface area contributed by atoms with Crippen molar-refractivity contribution in [2.75, 3.05) is 0 Å². The van der Waals surface area contributed by atoms with E-state index in [9.17, 15) is 0 Å². The second-order valence-corrected chi connectivity index (χ2v) is 4.46. The van der Waals surface area contributed by atoms with Crippen molar-refractivity contribution in [3.63, 3.8) is 0 Å². The lowest BCUT2D eigenvalue weighted by Crippen LogP contribution is -2.38. The van der Waals surface area contributed by atoms with Gasteiger partial charge in [-0.15, -0.1) is 0 Å². The van der Waals surface area contributed by atoms with E-state index in [4.69, 9.17) is 0 Å². The lowest BCUT2D eigenvalue weighted by Gasteiger charge is -2.25. The number of aromatic amines is 1. The second kappa shape index (κ2) is 4.60. The predicted molar refractivity (Wildman–Crippen MR) is 59.2 cm³/mol. The molecule has 1 aromatic rings. The van der Waals surface area contributed by atoms with Gasteiger partial charge in [0.2, 0.25) is 0 Å². The summed E-state index contributed by atoms with van der Waals surface area (Å²) in [6.45, 7) is 9.58. The summed E-state index contributed by atoms with van der Waals surface area (Å²) < 4.78 is 0. The summed E-state index contributed by atoms with van der Waals surface area (Å²) >= 11 is 0. The Bertz CT molecular complexity index is 276. The molecule has 0 amide bonds. The lowest BCUT2D eigenvalue weighted by molar-refractivity contribution is 0.355. The van der Waals surface area contributed by atoms with Crippen molar-refractivity contribution in [1.29, 1.82) is 0 Å². The van der Waals surface area contributed by atoms with Crippen LogP contribution in [0.1, 0.15) is 45.0 Å². The molecule has 0 spiro atoms. The predicted octanol–water partition coefficient (Wildman–Crippen LogP) is 2.39. The molecule has 1 aromatic heterocycles. The number of H-pyrrole nitrogens is 1. The Morgan fingerprint density at radius 2 is 2.21 bits per heavy atom. The first-order valence-corrected chi connectivity index (χ1v) is 5.29. The van der Waals surface area contributed by atoms with Crippen molar-refractivity contribution in [3.05, 3.63) is 17.7 Å². The van der Waals surface area contributed by atoms with E-state index in [-0.39, 0.29) is 5.54 Å². The van der Waals surface area contributed by atoms with Crippen molar-refractivity contribution in [2.45, 2.75) is 52.6 Å². The summed E-state index contributed by atoms with van der Waals surface area (Å²) in [7, 11) is 0. The van der Waals surface area contributed by atoms with Crippen LogP contribution in [0.4, 0.5) is 0 Å². The van der Waals surface area contributed by atoms with Crippen LogP contribution in [0.5, 0.6) is 0 Å². The van der Waals surface area contributed by atoms with Crippen LogP contribution in [0.2, 0.25) is 0 Å². The Morgan fingerprint density at radius 3 is 2.71 bits per heavy atom. The molecule has 14 heavy (non-hydrogen) atoms. The van der Waals surface area contributed by atoms with Gasteiger partial charge in [-0.3, -0.25) is 0 Å². The van der Waals surface area contributed by atoms with E-state index in [0.717, 1.165) is 17.9 Å². The van der Waals surface area contributed by atoms with Gasteiger partial charge in [-0.05, 0) is 27.2 Å². The van der Waals surface area contributed by atoms with Gasteiger partial charge in [-0.1, -0.05) is 13.3 Å². The Kier molecular flexibility index (Phi) is 3.69. The smallest absolute Gasteiger partial charge is 0.0925 e. The molecular weight excluding hydrogens is 174 g/mol. The van der Waals surface area contributed by atoms with E-state index in [1.807, 2.05) is 0 Å². The van der Waals surface area contributed by atoms with Gasteiger partial charge in [0.05, 0.1) is 12.0 Å². The molecule has 0 aliphatic rings. The number of hydrogen-bond acceptors (Lipinski definition) is 2. The van der Waals surface area contributed by atoms with Gasteiger partial charge in [0.1, 0.15) is 0 Å².